The molecule has 1 aliphatic rings. The van der Waals surface area contributed by atoms with Crippen molar-refractivity contribution in [3.63, 3.8) is 0 Å². The summed E-state index contributed by atoms with van der Waals surface area (Å²) >= 11 is 0. The first-order valence-electron chi connectivity index (χ1n) is 10.1. The fraction of sp³-hybridized carbons (Fsp3) is 0.381. The molecule has 0 amide bonds. The summed E-state index contributed by atoms with van der Waals surface area (Å²) in [7, 11) is -1.83. The lowest BCUT2D eigenvalue weighted by Gasteiger charge is -2.13. The van der Waals surface area contributed by atoms with E-state index < -0.39 is 10.0 Å². The molecule has 0 saturated carbocycles. The molecule has 2 aromatic heterocycles. The fourth-order valence-corrected chi connectivity index (χ4v) is 4.80. The maximum Gasteiger partial charge on any atom is 0.240 e. The van der Waals surface area contributed by atoms with Crippen molar-refractivity contribution in [2.24, 2.45) is 13.0 Å². The highest BCUT2D eigenvalue weighted by atomic mass is 32.2. The lowest BCUT2D eigenvalue weighted by Crippen LogP contribution is -2.29. The van der Waals surface area contributed by atoms with Gasteiger partial charge in [-0.25, -0.2) is 23.1 Å². The standard InChI is InChI=1S/C21H26N6O3S/c1-13-4-5-16(31(28,29)24-9-15-6-7-30-12-15)8-17(13)19-10-23-21(22)20(25-19)18-11-27(3)26-14(18)2/h4-5,8,10-11,15,24H,6-7,9,12H2,1-3H3,(H2,22,23)/t15-/m1/s1. The second-order valence-electron chi connectivity index (χ2n) is 7.85. The van der Waals surface area contributed by atoms with Crippen LogP contribution in [-0.2, 0) is 21.8 Å². The molecule has 9 nitrogen and oxygen atoms in total. The molecule has 3 aromatic rings. The van der Waals surface area contributed by atoms with Crippen molar-refractivity contribution in [1.82, 2.24) is 24.5 Å². The maximum atomic E-state index is 12.9. The van der Waals surface area contributed by atoms with Gasteiger partial charge in [0, 0.05) is 37.5 Å². The van der Waals surface area contributed by atoms with E-state index in [1.54, 1.807) is 29.1 Å². The van der Waals surface area contributed by atoms with Gasteiger partial charge in [0.05, 0.1) is 29.1 Å². The monoisotopic (exact) mass is 442 g/mol. The first-order chi connectivity index (χ1) is 14.7. The third kappa shape index (κ3) is 4.46. The summed E-state index contributed by atoms with van der Waals surface area (Å²) in [5, 5.41) is 4.34. The van der Waals surface area contributed by atoms with Crippen LogP contribution < -0.4 is 10.5 Å². The molecule has 1 aromatic carbocycles. The van der Waals surface area contributed by atoms with E-state index in [9.17, 15) is 8.42 Å². The molecule has 10 heteroatoms. The average molecular weight is 443 g/mol. The number of hydrogen-bond donors (Lipinski definition) is 2. The van der Waals surface area contributed by atoms with Crippen molar-refractivity contribution in [2.45, 2.75) is 25.2 Å². The van der Waals surface area contributed by atoms with Crippen LogP contribution in [0.3, 0.4) is 0 Å². The van der Waals surface area contributed by atoms with Crippen LogP contribution in [0.2, 0.25) is 0 Å². The van der Waals surface area contributed by atoms with Crippen LogP contribution in [0.15, 0.2) is 35.5 Å². The summed E-state index contributed by atoms with van der Waals surface area (Å²) in [5.74, 6) is 0.495. The van der Waals surface area contributed by atoms with Crippen LogP contribution in [0.4, 0.5) is 5.82 Å². The first-order valence-corrected chi connectivity index (χ1v) is 11.5. The Kier molecular flexibility index (Phi) is 5.78. The van der Waals surface area contributed by atoms with Crippen LogP contribution in [0.1, 0.15) is 17.7 Å². The molecule has 1 aliphatic heterocycles. The highest BCUT2D eigenvalue weighted by molar-refractivity contribution is 7.89. The highest BCUT2D eigenvalue weighted by Gasteiger charge is 2.22. The van der Waals surface area contributed by atoms with E-state index in [0.717, 1.165) is 23.2 Å². The van der Waals surface area contributed by atoms with Gasteiger partial charge in [-0.05, 0) is 43.9 Å². The van der Waals surface area contributed by atoms with E-state index in [-0.39, 0.29) is 10.8 Å². The molecule has 3 N–H and O–H groups in total. The van der Waals surface area contributed by atoms with Gasteiger partial charge >= 0.3 is 0 Å². The van der Waals surface area contributed by atoms with Gasteiger partial charge in [0.25, 0.3) is 0 Å². The number of sulfonamides is 1. The lowest BCUT2D eigenvalue weighted by molar-refractivity contribution is 0.186. The minimum absolute atomic E-state index is 0.185. The summed E-state index contributed by atoms with van der Waals surface area (Å²) in [6, 6.07) is 5.00. The molecule has 0 bridgehead atoms. The van der Waals surface area contributed by atoms with Crippen LogP contribution in [0, 0.1) is 19.8 Å². The molecule has 31 heavy (non-hydrogen) atoms. The molecule has 164 valence electrons. The number of aryl methyl sites for hydroxylation is 3. The Morgan fingerprint density at radius 2 is 2.10 bits per heavy atom. The molecule has 3 heterocycles. The molecule has 1 saturated heterocycles. The minimum atomic E-state index is -3.66. The van der Waals surface area contributed by atoms with Crippen LogP contribution in [0.5, 0.6) is 0 Å². The molecule has 4 rings (SSSR count). The summed E-state index contributed by atoms with van der Waals surface area (Å²) in [6.07, 6.45) is 4.26. The number of anilines is 1. The Balaban J connectivity index is 1.69. The van der Waals surface area contributed by atoms with E-state index in [1.807, 2.05) is 27.1 Å². The Bertz CT molecular complexity index is 1220. The smallest absolute Gasteiger partial charge is 0.240 e. The lowest BCUT2D eigenvalue weighted by atomic mass is 10.1. The zero-order chi connectivity index (χ0) is 22.2. The zero-order valence-electron chi connectivity index (χ0n) is 17.8. The molecule has 0 radical (unpaired) electrons. The summed E-state index contributed by atoms with van der Waals surface area (Å²) in [5.41, 5.74) is 10.3. The van der Waals surface area contributed by atoms with Gasteiger partial charge in [0.2, 0.25) is 10.0 Å². The molecule has 0 aliphatic carbocycles. The molecular weight excluding hydrogens is 416 g/mol. The van der Waals surface area contributed by atoms with Crippen molar-refractivity contribution in [1.29, 1.82) is 0 Å². The fourth-order valence-electron chi connectivity index (χ4n) is 3.66. The van der Waals surface area contributed by atoms with E-state index in [2.05, 4.69) is 14.8 Å². The molecule has 1 fully saturated rings. The van der Waals surface area contributed by atoms with Crippen molar-refractivity contribution < 1.29 is 13.2 Å². The van der Waals surface area contributed by atoms with Crippen LogP contribution in [0.25, 0.3) is 22.5 Å². The average Bonchev–Trinajstić information content (AvgIpc) is 3.36. The molecule has 0 unspecified atom stereocenters. The quantitative estimate of drug-likeness (QED) is 0.598. The minimum Gasteiger partial charge on any atom is -0.382 e. The predicted molar refractivity (Wildman–Crippen MR) is 118 cm³/mol. The second-order valence-corrected chi connectivity index (χ2v) is 9.62. The van der Waals surface area contributed by atoms with Crippen molar-refractivity contribution in [3.05, 3.63) is 41.9 Å². The SMILES string of the molecule is Cc1ccc(S(=O)(=O)NC[C@H]2CCOC2)cc1-c1cnc(N)c(-c2cn(C)nc2C)n1. The van der Waals surface area contributed by atoms with Gasteiger partial charge in [-0.3, -0.25) is 4.68 Å². The van der Waals surface area contributed by atoms with Gasteiger partial charge in [-0.2, -0.15) is 5.10 Å². The van der Waals surface area contributed by atoms with Gasteiger partial charge in [-0.1, -0.05) is 6.07 Å². The predicted octanol–water partition coefficient (Wildman–Crippen LogP) is 2.06. The number of nitrogens with one attached hydrogen (secondary N) is 1. The highest BCUT2D eigenvalue weighted by Crippen LogP contribution is 2.30. The van der Waals surface area contributed by atoms with Gasteiger partial charge in [-0.15, -0.1) is 0 Å². The molecule has 0 spiro atoms. The summed E-state index contributed by atoms with van der Waals surface area (Å²) in [6.45, 7) is 5.40. The number of benzene rings is 1. The third-order valence-corrected chi connectivity index (χ3v) is 6.87. The van der Waals surface area contributed by atoms with Crippen molar-refractivity contribution in [2.75, 3.05) is 25.5 Å². The Labute approximate surface area is 181 Å². The number of nitrogens with zero attached hydrogens (tertiary/aromatic N) is 4. The van der Waals surface area contributed by atoms with Crippen molar-refractivity contribution >= 4 is 15.8 Å². The van der Waals surface area contributed by atoms with Crippen molar-refractivity contribution in [3.8, 4) is 22.5 Å². The molecule has 1 atom stereocenters. The largest absolute Gasteiger partial charge is 0.382 e. The number of nitrogen functional groups attached to an aromatic ring is 1. The number of rotatable bonds is 6. The van der Waals surface area contributed by atoms with E-state index in [0.29, 0.717) is 42.5 Å². The summed E-state index contributed by atoms with van der Waals surface area (Å²) < 4.78 is 35.4. The normalized spacial score (nSPS) is 16.7. The number of ether oxygens (including phenoxy) is 1. The van der Waals surface area contributed by atoms with E-state index in [4.69, 9.17) is 15.5 Å². The maximum absolute atomic E-state index is 12.9. The number of nitrogens with two attached hydrogens (primary N) is 1. The van der Waals surface area contributed by atoms with E-state index >= 15 is 0 Å². The van der Waals surface area contributed by atoms with Gasteiger partial charge in [0.1, 0.15) is 11.5 Å². The number of aromatic nitrogens is 4. The van der Waals surface area contributed by atoms with E-state index in [1.165, 1.54) is 0 Å². The third-order valence-electron chi connectivity index (χ3n) is 5.45. The van der Waals surface area contributed by atoms with Crippen LogP contribution in [-0.4, -0.2) is 47.9 Å². The first kappa shape index (κ1) is 21.4. The Morgan fingerprint density at radius 3 is 2.77 bits per heavy atom. The second kappa shape index (κ2) is 8.37. The molecular formula is C21H26N6O3S. The van der Waals surface area contributed by atoms with Gasteiger partial charge in [0.15, 0.2) is 0 Å². The number of hydrogen-bond acceptors (Lipinski definition) is 7. The summed E-state index contributed by atoms with van der Waals surface area (Å²) in [4.78, 5) is 9.20. The van der Waals surface area contributed by atoms with Crippen LogP contribution >= 0.6 is 0 Å². The Morgan fingerprint density at radius 1 is 1.29 bits per heavy atom. The topological polar surface area (TPSA) is 125 Å². The zero-order valence-corrected chi connectivity index (χ0v) is 18.6. The Hall–Kier alpha value is -2.82. The van der Waals surface area contributed by atoms with Gasteiger partial charge < -0.3 is 10.5 Å².